The van der Waals surface area contributed by atoms with E-state index in [1.165, 1.54) is 11.0 Å². The first kappa shape index (κ1) is 20.3. The molecule has 164 valence electrons. The molecule has 5 rings (SSSR count). The van der Waals surface area contributed by atoms with E-state index in [0.717, 1.165) is 30.4 Å². The van der Waals surface area contributed by atoms with Crippen LogP contribution in [0.25, 0.3) is 0 Å². The fourth-order valence-electron chi connectivity index (χ4n) is 4.44. The SMILES string of the molecule is CCCC1=[N+]=C2C(=O)Nc3cc(C(=O)N4CCc5cccc(C(F)(F)F)c5C4)ccc3N12. The van der Waals surface area contributed by atoms with Gasteiger partial charge in [0.05, 0.1) is 11.3 Å². The van der Waals surface area contributed by atoms with E-state index in [1.54, 1.807) is 29.2 Å². The Morgan fingerprint density at radius 2 is 2.03 bits per heavy atom. The van der Waals surface area contributed by atoms with Gasteiger partial charge in [0, 0.05) is 25.1 Å². The first-order chi connectivity index (χ1) is 15.3. The minimum absolute atomic E-state index is 0.106. The molecule has 0 fully saturated rings. The predicted molar refractivity (Wildman–Crippen MR) is 114 cm³/mol. The molecule has 0 spiro atoms. The Labute approximate surface area is 182 Å². The third kappa shape index (κ3) is 3.17. The molecule has 0 aromatic heterocycles. The number of carbonyl (C=O) groups is 2. The Balaban J connectivity index is 1.42. The van der Waals surface area contributed by atoms with Crippen LogP contribution in [0.1, 0.15) is 46.8 Å². The summed E-state index contributed by atoms with van der Waals surface area (Å²) in [6, 6.07) is 9.10. The van der Waals surface area contributed by atoms with Crippen molar-refractivity contribution in [3.8, 4) is 0 Å². The van der Waals surface area contributed by atoms with E-state index in [4.69, 9.17) is 0 Å². The second kappa shape index (κ2) is 7.24. The number of amides is 2. The fraction of sp³-hybridized carbons (Fsp3) is 0.304. The van der Waals surface area contributed by atoms with Gasteiger partial charge in [-0.3, -0.25) is 9.59 Å². The molecular formula is C23H20F3N4O2+. The maximum atomic E-state index is 13.5. The first-order valence-corrected chi connectivity index (χ1v) is 10.4. The topological polar surface area (TPSA) is 66.8 Å². The molecule has 9 heteroatoms. The Bertz CT molecular complexity index is 1230. The molecule has 0 unspecified atom stereocenters. The van der Waals surface area contributed by atoms with Gasteiger partial charge >= 0.3 is 23.8 Å². The van der Waals surface area contributed by atoms with E-state index in [9.17, 15) is 22.8 Å². The van der Waals surface area contributed by atoms with Gasteiger partial charge in [-0.15, -0.1) is 0 Å². The average Bonchev–Trinajstić information content (AvgIpc) is 2.75. The highest BCUT2D eigenvalue weighted by atomic mass is 19.4. The number of rotatable bonds is 3. The summed E-state index contributed by atoms with van der Waals surface area (Å²) in [5.41, 5.74) is 1.60. The van der Waals surface area contributed by atoms with Crippen LogP contribution in [-0.2, 0) is 23.9 Å². The Morgan fingerprint density at radius 3 is 2.78 bits per heavy atom. The number of benzene rings is 2. The maximum absolute atomic E-state index is 13.5. The van der Waals surface area contributed by atoms with E-state index < -0.39 is 11.7 Å². The van der Waals surface area contributed by atoms with Gasteiger partial charge in [0.1, 0.15) is 5.69 Å². The van der Waals surface area contributed by atoms with Crippen LogP contribution in [0.4, 0.5) is 24.5 Å². The molecule has 0 bridgehead atoms. The molecule has 0 saturated heterocycles. The van der Waals surface area contributed by atoms with Crippen molar-refractivity contribution in [1.82, 2.24) is 9.57 Å². The molecule has 3 aliphatic rings. The minimum Gasteiger partial charge on any atom is -0.334 e. The summed E-state index contributed by atoms with van der Waals surface area (Å²) in [5.74, 6) is 0.409. The number of nitrogens with one attached hydrogen (secondary N) is 1. The van der Waals surface area contributed by atoms with Crippen LogP contribution in [0.3, 0.4) is 0 Å². The molecule has 6 nitrogen and oxygen atoms in total. The smallest absolute Gasteiger partial charge is 0.334 e. The van der Waals surface area contributed by atoms with Crippen LogP contribution >= 0.6 is 0 Å². The molecule has 0 saturated carbocycles. The highest BCUT2D eigenvalue weighted by Gasteiger charge is 2.46. The van der Waals surface area contributed by atoms with Crippen molar-refractivity contribution in [2.75, 3.05) is 16.8 Å². The lowest BCUT2D eigenvalue weighted by Gasteiger charge is -2.31. The summed E-state index contributed by atoms with van der Waals surface area (Å²) in [6.45, 7) is 2.24. The van der Waals surface area contributed by atoms with Gasteiger partial charge in [-0.05, 0) is 48.2 Å². The van der Waals surface area contributed by atoms with Crippen molar-refractivity contribution in [1.29, 1.82) is 0 Å². The summed E-state index contributed by atoms with van der Waals surface area (Å²) >= 11 is 0. The standard InChI is InChI=1S/C23H19F3N4O2/c1-2-4-19-28-20-21(31)27-17-11-14(7-8-18(17)30(19)20)22(32)29-10-9-13-5-3-6-16(15(13)12-29)23(24,25)26/h3,5-8,11H,2,4,9-10,12H2,1H3/p+1. The molecule has 32 heavy (non-hydrogen) atoms. The van der Waals surface area contributed by atoms with E-state index in [0.29, 0.717) is 35.6 Å². The third-order valence-electron chi connectivity index (χ3n) is 5.98. The third-order valence-corrected chi connectivity index (χ3v) is 5.98. The lowest BCUT2D eigenvalue weighted by molar-refractivity contribution is -0.138. The number of anilines is 2. The fourth-order valence-corrected chi connectivity index (χ4v) is 4.44. The first-order valence-electron chi connectivity index (χ1n) is 10.4. The van der Waals surface area contributed by atoms with Crippen LogP contribution < -0.4 is 14.9 Å². The molecule has 3 aliphatic heterocycles. The van der Waals surface area contributed by atoms with E-state index in [-0.39, 0.29) is 23.9 Å². The number of amidine groups is 2. The zero-order valence-electron chi connectivity index (χ0n) is 17.3. The van der Waals surface area contributed by atoms with Gasteiger partial charge in [0.25, 0.3) is 5.91 Å². The van der Waals surface area contributed by atoms with Crippen LogP contribution in [0.15, 0.2) is 36.4 Å². The van der Waals surface area contributed by atoms with E-state index >= 15 is 0 Å². The Morgan fingerprint density at radius 1 is 1.22 bits per heavy atom. The number of hydrogen-bond acceptors (Lipinski definition) is 3. The van der Waals surface area contributed by atoms with Crippen molar-refractivity contribution in [2.24, 2.45) is 0 Å². The van der Waals surface area contributed by atoms with Gasteiger partial charge in [-0.2, -0.15) is 18.1 Å². The van der Waals surface area contributed by atoms with Gasteiger partial charge in [0.15, 0.2) is 0 Å². The largest absolute Gasteiger partial charge is 0.416 e. The molecule has 0 aliphatic carbocycles. The number of nitrogens with zero attached hydrogens (tertiary/aromatic N) is 3. The Hall–Kier alpha value is -3.58. The second-order valence-corrected chi connectivity index (χ2v) is 8.04. The molecule has 2 amide bonds. The molecule has 2 aromatic rings. The summed E-state index contributed by atoms with van der Waals surface area (Å²) in [5, 5.41) is 2.75. The van der Waals surface area contributed by atoms with Crippen molar-refractivity contribution in [2.45, 2.75) is 38.9 Å². The number of alkyl halides is 3. The molecule has 0 radical (unpaired) electrons. The second-order valence-electron chi connectivity index (χ2n) is 8.04. The molecule has 0 atom stereocenters. The summed E-state index contributed by atoms with van der Waals surface area (Å²) in [6.07, 6.45) is -2.51. The lowest BCUT2D eigenvalue weighted by atomic mass is 9.94. The average molecular weight is 441 g/mol. The van der Waals surface area contributed by atoms with Crippen LogP contribution in [0.2, 0.25) is 0 Å². The number of halogens is 3. The number of carbonyl (C=O) groups excluding carboxylic acids is 2. The lowest BCUT2D eigenvalue weighted by Crippen LogP contribution is -2.56. The van der Waals surface area contributed by atoms with Gasteiger partial charge in [-0.1, -0.05) is 19.1 Å². The van der Waals surface area contributed by atoms with E-state index in [1.807, 2.05) is 6.92 Å². The van der Waals surface area contributed by atoms with Crippen molar-refractivity contribution >= 4 is 34.9 Å². The van der Waals surface area contributed by atoms with Crippen molar-refractivity contribution in [3.05, 3.63) is 58.7 Å². The van der Waals surface area contributed by atoms with Gasteiger partial charge in [-0.25, -0.2) is 4.67 Å². The van der Waals surface area contributed by atoms with Crippen molar-refractivity contribution < 1.29 is 22.8 Å². The van der Waals surface area contributed by atoms with Gasteiger partial charge < -0.3 is 10.2 Å². The summed E-state index contributed by atoms with van der Waals surface area (Å²) in [7, 11) is 0. The molecule has 3 heterocycles. The van der Waals surface area contributed by atoms with Crippen molar-refractivity contribution in [3.63, 3.8) is 0 Å². The molecule has 2 aromatic carbocycles. The number of hydrogen-bond donors (Lipinski definition) is 1. The molecule has 1 N–H and O–H groups in total. The Kier molecular flexibility index (Phi) is 4.60. The minimum atomic E-state index is -4.48. The quantitative estimate of drug-likeness (QED) is 0.743. The van der Waals surface area contributed by atoms with E-state index in [2.05, 4.69) is 9.98 Å². The van der Waals surface area contributed by atoms with Crippen LogP contribution in [0.5, 0.6) is 0 Å². The highest BCUT2D eigenvalue weighted by Crippen LogP contribution is 2.37. The van der Waals surface area contributed by atoms with Crippen LogP contribution in [0, 0.1) is 0 Å². The predicted octanol–water partition coefficient (Wildman–Crippen LogP) is 3.34. The summed E-state index contributed by atoms with van der Waals surface area (Å²) in [4.78, 5) is 28.7. The monoisotopic (exact) mass is 441 g/mol. The molecular weight excluding hydrogens is 421 g/mol. The highest BCUT2D eigenvalue weighted by molar-refractivity contribution is 6.56. The maximum Gasteiger partial charge on any atom is 0.416 e. The number of fused-ring (bicyclic) bond motifs is 4. The zero-order chi connectivity index (χ0) is 22.6. The normalized spacial score (nSPS) is 16.8. The van der Waals surface area contributed by atoms with Gasteiger partial charge in [0.2, 0.25) is 0 Å². The zero-order valence-corrected chi connectivity index (χ0v) is 17.3. The summed E-state index contributed by atoms with van der Waals surface area (Å²) < 4.78 is 44.6. The van der Waals surface area contributed by atoms with Crippen LogP contribution in [-0.4, -0.2) is 34.9 Å².